The van der Waals surface area contributed by atoms with Crippen molar-refractivity contribution in [3.63, 3.8) is 0 Å². The molecule has 1 atom stereocenters. The molecule has 18 heavy (non-hydrogen) atoms. The first-order valence-corrected chi connectivity index (χ1v) is 6.44. The Bertz CT molecular complexity index is 408. The van der Waals surface area contributed by atoms with Crippen LogP contribution in [0.25, 0.3) is 0 Å². The number of ether oxygens (including phenoxy) is 1. The van der Waals surface area contributed by atoms with Crippen LogP contribution in [-0.4, -0.2) is 36.5 Å². The summed E-state index contributed by atoms with van der Waals surface area (Å²) in [7, 11) is 0. The van der Waals surface area contributed by atoms with Crippen LogP contribution < -0.4 is 10.5 Å². The number of carbonyl (C=O) groups is 1. The molecule has 1 aromatic carbocycles. The molecule has 5 heteroatoms. The summed E-state index contributed by atoms with van der Waals surface area (Å²) in [5.41, 5.74) is 5.84. The molecule has 1 amide bonds. The Balaban J connectivity index is 1.82. The van der Waals surface area contributed by atoms with Gasteiger partial charge in [0.05, 0.1) is 0 Å². The Hall–Kier alpha value is -1.26. The second-order valence-electron chi connectivity index (χ2n) is 4.48. The fraction of sp³-hybridized carbons (Fsp3) is 0.462. The quantitative estimate of drug-likeness (QED) is 0.907. The summed E-state index contributed by atoms with van der Waals surface area (Å²) in [6.07, 6.45) is 1.95. The first-order chi connectivity index (χ1) is 8.65. The minimum Gasteiger partial charge on any atom is -0.484 e. The van der Waals surface area contributed by atoms with Crippen LogP contribution in [0.15, 0.2) is 24.3 Å². The molecule has 2 rings (SSSR count). The highest BCUT2D eigenvalue weighted by Gasteiger charge is 2.21. The smallest absolute Gasteiger partial charge is 0.260 e. The van der Waals surface area contributed by atoms with Gasteiger partial charge in [0, 0.05) is 24.2 Å². The molecule has 0 aromatic heterocycles. The van der Waals surface area contributed by atoms with E-state index >= 15 is 0 Å². The van der Waals surface area contributed by atoms with E-state index in [4.69, 9.17) is 22.1 Å². The number of nitrogens with two attached hydrogens (primary N) is 1. The number of halogens is 1. The minimum absolute atomic E-state index is 0.0138. The van der Waals surface area contributed by atoms with E-state index in [0.717, 1.165) is 19.4 Å². The molecule has 1 aromatic rings. The number of hydrogen-bond donors (Lipinski definition) is 1. The highest BCUT2D eigenvalue weighted by atomic mass is 35.5. The van der Waals surface area contributed by atoms with Crippen molar-refractivity contribution in [3.8, 4) is 5.75 Å². The maximum Gasteiger partial charge on any atom is 0.260 e. The van der Waals surface area contributed by atoms with Gasteiger partial charge < -0.3 is 15.4 Å². The lowest BCUT2D eigenvalue weighted by molar-refractivity contribution is -0.134. The van der Waals surface area contributed by atoms with Crippen molar-refractivity contribution in [3.05, 3.63) is 29.3 Å². The summed E-state index contributed by atoms with van der Waals surface area (Å²) in [6, 6.07) is 7.06. The van der Waals surface area contributed by atoms with Gasteiger partial charge in [0.2, 0.25) is 0 Å². The van der Waals surface area contributed by atoms with Gasteiger partial charge in [-0.1, -0.05) is 11.6 Å². The third-order valence-electron chi connectivity index (χ3n) is 2.99. The van der Waals surface area contributed by atoms with Gasteiger partial charge in [-0.25, -0.2) is 0 Å². The van der Waals surface area contributed by atoms with Crippen LogP contribution in [0.2, 0.25) is 5.02 Å². The van der Waals surface area contributed by atoms with Crippen molar-refractivity contribution in [2.75, 3.05) is 19.7 Å². The molecule has 98 valence electrons. The Kier molecular flexibility index (Phi) is 4.44. The molecule has 1 saturated heterocycles. The number of piperidine rings is 1. The number of benzene rings is 1. The molecule has 0 aliphatic carbocycles. The van der Waals surface area contributed by atoms with Crippen molar-refractivity contribution in [1.29, 1.82) is 0 Å². The Labute approximate surface area is 112 Å². The SMILES string of the molecule is N[C@@H]1CCCN(C(=O)COc2ccc(Cl)cc2)C1. The fourth-order valence-corrected chi connectivity index (χ4v) is 2.13. The number of likely N-dealkylation sites (tertiary alicyclic amines) is 1. The van der Waals surface area contributed by atoms with Crippen LogP contribution in [0.4, 0.5) is 0 Å². The van der Waals surface area contributed by atoms with E-state index in [0.29, 0.717) is 17.3 Å². The van der Waals surface area contributed by atoms with Gasteiger partial charge >= 0.3 is 0 Å². The zero-order valence-electron chi connectivity index (χ0n) is 10.1. The maximum absolute atomic E-state index is 11.9. The average Bonchev–Trinajstić information content (AvgIpc) is 2.38. The van der Waals surface area contributed by atoms with Crippen molar-refractivity contribution in [2.45, 2.75) is 18.9 Å². The van der Waals surface area contributed by atoms with E-state index < -0.39 is 0 Å². The predicted octanol–water partition coefficient (Wildman–Crippen LogP) is 1.67. The molecule has 2 N–H and O–H groups in total. The summed E-state index contributed by atoms with van der Waals surface area (Å²) in [5, 5.41) is 0.649. The molecule has 1 heterocycles. The lowest BCUT2D eigenvalue weighted by Gasteiger charge is -2.30. The number of hydrogen-bond acceptors (Lipinski definition) is 3. The number of carbonyl (C=O) groups excluding carboxylic acids is 1. The van der Waals surface area contributed by atoms with Gasteiger partial charge in [-0.3, -0.25) is 4.79 Å². The average molecular weight is 269 g/mol. The second kappa shape index (κ2) is 6.07. The second-order valence-corrected chi connectivity index (χ2v) is 4.92. The minimum atomic E-state index is -0.0138. The van der Waals surface area contributed by atoms with Crippen LogP contribution in [0.3, 0.4) is 0 Å². The summed E-state index contributed by atoms with van der Waals surface area (Å²) in [6.45, 7) is 1.45. The highest BCUT2D eigenvalue weighted by molar-refractivity contribution is 6.30. The normalized spacial score (nSPS) is 19.7. The fourth-order valence-electron chi connectivity index (χ4n) is 2.00. The molecule has 1 fully saturated rings. The topological polar surface area (TPSA) is 55.6 Å². The lowest BCUT2D eigenvalue weighted by Crippen LogP contribution is -2.47. The van der Waals surface area contributed by atoms with Gasteiger partial charge in [0.25, 0.3) is 5.91 Å². The molecular formula is C13H17ClN2O2. The monoisotopic (exact) mass is 268 g/mol. The van der Waals surface area contributed by atoms with E-state index in [9.17, 15) is 4.79 Å². The van der Waals surface area contributed by atoms with Gasteiger partial charge in [-0.05, 0) is 37.1 Å². The maximum atomic E-state index is 11.9. The first-order valence-electron chi connectivity index (χ1n) is 6.07. The van der Waals surface area contributed by atoms with Gasteiger partial charge in [-0.2, -0.15) is 0 Å². The van der Waals surface area contributed by atoms with Crippen molar-refractivity contribution < 1.29 is 9.53 Å². The van der Waals surface area contributed by atoms with Crippen LogP contribution in [-0.2, 0) is 4.79 Å². The molecule has 0 radical (unpaired) electrons. The van der Waals surface area contributed by atoms with Crippen molar-refractivity contribution >= 4 is 17.5 Å². The summed E-state index contributed by atoms with van der Waals surface area (Å²) in [4.78, 5) is 13.7. The standard InChI is InChI=1S/C13H17ClN2O2/c14-10-3-5-12(6-4-10)18-9-13(17)16-7-1-2-11(15)8-16/h3-6,11H,1-2,7-9,15H2/t11-/m1/s1. The predicted molar refractivity (Wildman–Crippen MR) is 70.7 cm³/mol. The molecule has 0 unspecified atom stereocenters. The molecule has 1 aliphatic rings. The van der Waals surface area contributed by atoms with Crippen LogP contribution in [0.1, 0.15) is 12.8 Å². The number of nitrogens with zero attached hydrogens (tertiary/aromatic N) is 1. The van der Waals surface area contributed by atoms with Gasteiger partial charge in [-0.15, -0.1) is 0 Å². The Morgan fingerprint density at radius 3 is 2.83 bits per heavy atom. The van der Waals surface area contributed by atoms with Crippen LogP contribution >= 0.6 is 11.6 Å². The first kappa shape index (κ1) is 13.2. The van der Waals surface area contributed by atoms with E-state index in [1.165, 1.54) is 0 Å². The molecule has 1 aliphatic heterocycles. The molecule has 4 nitrogen and oxygen atoms in total. The highest BCUT2D eigenvalue weighted by Crippen LogP contribution is 2.16. The lowest BCUT2D eigenvalue weighted by atomic mass is 10.1. The molecular weight excluding hydrogens is 252 g/mol. The van der Waals surface area contributed by atoms with Crippen molar-refractivity contribution in [2.24, 2.45) is 5.73 Å². The number of amides is 1. The van der Waals surface area contributed by atoms with E-state index in [2.05, 4.69) is 0 Å². The Morgan fingerprint density at radius 1 is 1.44 bits per heavy atom. The zero-order chi connectivity index (χ0) is 13.0. The summed E-state index contributed by atoms with van der Waals surface area (Å²) >= 11 is 5.77. The van der Waals surface area contributed by atoms with E-state index in [1.807, 2.05) is 0 Å². The molecule has 0 spiro atoms. The van der Waals surface area contributed by atoms with Gasteiger partial charge in [0.15, 0.2) is 6.61 Å². The summed E-state index contributed by atoms with van der Waals surface area (Å²) in [5.74, 6) is 0.633. The third kappa shape index (κ3) is 3.62. The van der Waals surface area contributed by atoms with Crippen LogP contribution in [0, 0.1) is 0 Å². The summed E-state index contributed by atoms with van der Waals surface area (Å²) < 4.78 is 5.42. The van der Waals surface area contributed by atoms with E-state index in [1.54, 1.807) is 29.2 Å². The van der Waals surface area contributed by atoms with Gasteiger partial charge in [0.1, 0.15) is 5.75 Å². The third-order valence-corrected chi connectivity index (χ3v) is 3.24. The van der Waals surface area contributed by atoms with E-state index in [-0.39, 0.29) is 18.6 Å². The molecule has 0 saturated carbocycles. The van der Waals surface area contributed by atoms with Crippen LogP contribution in [0.5, 0.6) is 5.75 Å². The Morgan fingerprint density at radius 2 is 2.17 bits per heavy atom. The largest absolute Gasteiger partial charge is 0.484 e. The van der Waals surface area contributed by atoms with Crippen molar-refractivity contribution in [1.82, 2.24) is 4.90 Å². The molecule has 0 bridgehead atoms. The zero-order valence-corrected chi connectivity index (χ0v) is 10.9. The number of rotatable bonds is 3.